The van der Waals surface area contributed by atoms with E-state index in [1.807, 2.05) is 0 Å². The van der Waals surface area contributed by atoms with Crippen LogP contribution in [0.3, 0.4) is 0 Å². The molecule has 0 unspecified atom stereocenters. The van der Waals surface area contributed by atoms with Gasteiger partial charge in [-0.3, -0.25) is 14.4 Å². The Morgan fingerprint density at radius 3 is 0.696 bits per heavy atom. The van der Waals surface area contributed by atoms with Gasteiger partial charge in [0.1, 0.15) is 0 Å². The molecule has 6 nitrogen and oxygen atoms in total. The van der Waals surface area contributed by atoms with Gasteiger partial charge >= 0.3 is 82.9 Å². The summed E-state index contributed by atoms with van der Waals surface area (Å²) < 4.78 is 0. The van der Waals surface area contributed by atoms with Crippen LogP contribution in [0.25, 0.3) is 0 Å². The second-order valence-corrected chi connectivity index (χ2v) is 16.3. The number of amides is 3. The maximum absolute atomic E-state index is 9.43. The van der Waals surface area contributed by atoms with Gasteiger partial charge in [0.25, 0.3) is 0 Å². The summed E-state index contributed by atoms with van der Waals surface area (Å²) in [6.45, 7) is 0. The third kappa shape index (κ3) is 201. The minimum absolute atomic E-state index is 0.194. The molecule has 0 aliphatic carbocycles. The van der Waals surface area contributed by atoms with Gasteiger partial charge in [-0.25, -0.2) is 0 Å². The van der Waals surface area contributed by atoms with Crippen molar-refractivity contribution in [2.45, 2.75) is 0 Å². The second-order valence-electron chi connectivity index (χ2n) is 3.56. The number of nitrogens with zero attached hydrogens (tertiary/aromatic N) is 3. The molecule has 0 aromatic carbocycles. The van der Waals surface area contributed by atoms with Crippen LogP contribution in [0.1, 0.15) is 0 Å². The van der Waals surface area contributed by atoms with Gasteiger partial charge in [-0.15, -0.1) is 0 Å². The van der Waals surface area contributed by atoms with Gasteiger partial charge in [0.2, 0.25) is 19.2 Å². The molecule has 0 saturated heterocycles. The predicted octanol–water partition coefficient (Wildman–Crippen LogP) is 3.25. The summed E-state index contributed by atoms with van der Waals surface area (Å²) in [6.07, 6.45) is 2.25. The number of hydrogen-bond acceptors (Lipinski definition) is 3. The van der Waals surface area contributed by atoms with E-state index in [9.17, 15) is 14.4 Å². The number of rotatable bonds is 3. The molecule has 0 aliphatic heterocycles. The standard InChI is InChI=1S/3C3H7NO.6ClH.2Fe/c3*1-4(2)3-5;;;;;;;;/h3*3H,1-2H3;6*1H;;/q;;;;;;;;;2*+3/p-6. The normalized spacial score (nSPS) is 8.52. The molecule has 0 aromatic rings. The summed E-state index contributed by atoms with van der Waals surface area (Å²) in [5.41, 5.74) is 0. The molecule has 0 atom stereocenters. The first-order chi connectivity index (χ1) is 10.2. The molecule has 0 aromatic heterocycles. The van der Waals surface area contributed by atoms with Crippen LogP contribution in [0.4, 0.5) is 0 Å². The van der Waals surface area contributed by atoms with Crippen LogP contribution in [0.5, 0.6) is 0 Å². The number of carbonyl (C=O) groups excluding carboxylic acids is 3. The first-order valence-electron chi connectivity index (χ1n) is 4.97. The molecule has 14 heteroatoms. The van der Waals surface area contributed by atoms with Crippen molar-refractivity contribution >= 4 is 79.8 Å². The van der Waals surface area contributed by atoms with E-state index in [1.54, 1.807) is 42.3 Å². The van der Waals surface area contributed by atoms with E-state index in [2.05, 4.69) is 0 Å². The van der Waals surface area contributed by atoms with Crippen LogP contribution < -0.4 is 0 Å². The van der Waals surface area contributed by atoms with Gasteiger partial charge in [0.05, 0.1) is 0 Å². The SMILES string of the molecule is CN(C)C=O.CN(C)C=O.CN(C)C=O.[Cl][Fe+][Cl].[Cl][Fe-]([Cl])([Cl])[Cl]. The van der Waals surface area contributed by atoms with E-state index < -0.39 is 9.20 Å². The Bertz CT molecular complexity index is 225. The van der Waals surface area contributed by atoms with Crippen molar-refractivity contribution in [2.24, 2.45) is 0 Å². The topological polar surface area (TPSA) is 60.9 Å². The Morgan fingerprint density at radius 1 is 0.652 bits per heavy atom. The molecule has 0 saturated carbocycles. The molecular weight excluding hydrogens is 523 g/mol. The summed E-state index contributed by atoms with van der Waals surface area (Å²) in [7, 11) is 36.8. The molecule has 0 heterocycles. The molecule has 0 fully saturated rings. The molecule has 3 amide bonds. The predicted molar refractivity (Wildman–Crippen MR) is 94.4 cm³/mol. The summed E-state index contributed by atoms with van der Waals surface area (Å²) in [4.78, 5) is 32.6. The fourth-order valence-electron chi connectivity index (χ4n) is 0. The van der Waals surface area contributed by atoms with Gasteiger partial charge in [-0.2, -0.15) is 0 Å². The molecular formula is C9H21Cl6Fe2N3O3. The minimum atomic E-state index is -2.61. The van der Waals surface area contributed by atoms with Crippen molar-refractivity contribution in [3.8, 4) is 0 Å². The van der Waals surface area contributed by atoms with Gasteiger partial charge in [-0.05, 0) is 0 Å². The first-order valence-corrected chi connectivity index (χ1v) is 14.1. The van der Waals surface area contributed by atoms with Crippen molar-refractivity contribution in [3.05, 3.63) is 0 Å². The summed E-state index contributed by atoms with van der Waals surface area (Å²) in [5.74, 6) is 0. The number of halogens is 6. The molecule has 0 spiro atoms. The quantitative estimate of drug-likeness (QED) is 0.406. The van der Waals surface area contributed by atoms with Crippen molar-refractivity contribution in [3.63, 3.8) is 0 Å². The van der Waals surface area contributed by atoms with Crippen LogP contribution >= 0.6 is 60.6 Å². The summed E-state index contributed by atoms with van der Waals surface area (Å²) >= 11 is 0.194. The van der Waals surface area contributed by atoms with Crippen molar-refractivity contribution in [1.82, 2.24) is 14.7 Å². The van der Waals surface area contributed by atoms with Crippen molar-refractivity contribution < 1.29 is 36.7 Å². The zero-order chi connectivity index (χ0) is 20.1. The Morgan fingerprint density at radius 2 is 0.696 bits per heavy atom. The van der Waals surface area contributed by atoms with Crippen LogP contribution in [0.2, 0.25) is 0 Å². The van der Waals surface area contributed by atoms with E-state index in [-0.39, 0.29) is 13.1 Å². The second kappa shape index (κ2) is 28.0. The third-order valence-electron chi connectivity index (χ3n) is 0.632. The Kier molecular flexibility index (Phi) is 43.0. The molecule has 0 bridgehead atoms. The van der Waals surface area contributed by atoms with Gasteiger partial charge < -0.3 is 14.7 Å². The van der Waals surface area contributed by atoms with Crippen molar-refractivity contribution in [2.75, 3.05) is 42.3 Å². The van der Waals surface area contributed by atoms with Crippen molar-refractivity contribution in [1.29, 1.82) is 0 Å². The number of hydrogen-bond donors (Lipinski definition) is 0. The summed E-state index contributed by atoms with van der Waals surface area (Å²) in [6, 6.07) is 0. The van der Waals surface area contributed by atoms with Gasteiger partial charge in [-0.1, -0.05) is 0 Å². The molecule has 0 rings (SSSR count). The molecule has 148 valence electrons. The average Bonchev–Trinajstić information content (AvgIpc) is 2.38. The fourth-order valence-corrected chi connectivity index (χ4v) is 0. The maximum atomic E-state index is 9.43. The Labute approximate surface area is 172 Å². The first kappa shape index (κ1) is 35.3. The van der Waals surface area contributed by atoms with Crippen LogP contribution in [-0.2, 0) is 36.7 Å². The van der Waals surface area contributed by atoms with Crippen LogP contribution in [0, 0.1) is 0 Å². The van der Waals surface area contributed by atoms with E-state index >= 15 is 0 Å². The van der Waals surface area contributed by atoms with Crippen LogP contribution in [-0.4, -0.2) is 76.2 Å². The zero-order valence-corrected chi connectivity index (χ0v) is 20.0. The van der Waals surface area contributed by atoms with E-state index in [0.717, 1.165) is 19.2 Å². The fraction of sp³-hybridized carbons (Fsp3) is 0.667. The van der Waals surface area contributed by atoms with E-state index in [1.165, 1.54) is 14.7 Å². The molecule has 0 N–H and O–H groups in total. The van der Waals surface area contributed by atoms with E-state index in [0.29, 0.717) is 0 Å². The van der Waals surface area contributed by atoms with Gasteiger partial charge in [0.15, 0.2) is 0 Å². The Hall–Kier alpha value is 1.19. The molecule has 23 heavy (non-hydrogen) atoms. The molecule has 0 radical (unpaired) electrons. The molecule has 0 aliphatic rings. The van der Waals surface area contributed by atoms with Crippen LogP contribution in [0.15, 0.2) is 0 Å². The van der Waals surface area contributed by atoms with E-state index in [4.69, 9.17) is 60.6 Å². The summed E-state index contributed by atoms with van der Waals surface area (Å²) in [5, 5.41) is 0. The Balaban J connectivity index is -0.0000000593. The average molecular weight is 544 g/mol. The number of carbonyl (C=O) groups is 3. The zero-order valence-electron chi connectivity index (χ0n) is 13.3. The van der Waals surface area contributed by atoms with Gasteiger partial charge in [0, 0.05) is 42.3 Å². The monoisotopic (exact) mass is 541 g/mol. The third-order valence-corrected chi connectivity index (χ3v) is 0.632.